The first kappa shape index (κ1) is 14.0. The Balaban J connectivity index is 2.81. The molecular formula is C12H19NO3S. The largest absolute Gasteiger partial charge is 0.396 e. The van der Waals surface area contributed by atoms with Gasteiger partial charge in [0.25, 0.3) is 0 Å². The molecule has 0 aliphatic rings. The molecule has 0 spiro atoms. The van der Waals surface area contributed by atoms with Crippen LogP contribution in [0.2, 0.25) is 0 Å². The van der Waals surface area contributed by atoms with Gasteiger partial charge in [-0.2, -0.15) is 0 Å². The molecule has 0 bridgehead atoms. The zero-order chi connectivity index (χ0) is 13.1. The summed E-state index contributed by atoms with van der Waals surface area (Å²) in [5.74, 6) is -0.107. The van der Waals surface area contributed by atoms with Gasteiger partial charge < -0.3 is 5.11 Å². The zero-order valence-corrected chi connectivity index (χ0v) is 11.2. The van der Waals surface area contributed by atoms with Gasteiger partial charge in [0.2, 0.25) is 10.0 Å². The van der Waals surface area contributed by atoms with Gasteiger partial charge in [-0.25, -0.2) is 8.42 Å². The molecule has 0 aromatic heterocycles. The third-order valence-corrected chi connectivity index (χ3v) is 4.01. The monoisotopic (exact) mass is 257 g/mol. The van der Waals surface area contributed by atoms with E-state index in [4.69, 9.17) is 5.11 Å². The van der Waals surface area contributed by atoms with Gasteiger partial charge in [0.1, 0.15) is 0 Å². The van der Waals surface area contributed by atoms with E-state index in [2.05, 4.69) is 4.72 Å². The van der Waals surface area contributed by atoms with Crippen molar-refractivity contribution in [1.29, 1.82) is 0 Å². The minimum Gasteiger partial charge on any atom is -0.396 e. The van der Waals surface area contributed by atoms with Gasteiger partial charge in [0, 0.05) is 17.7 Å². The standard InChI is InChI=1S/C12H19NO3S/c1-10-5-4-6-11(7-10)13-17(15,16)9-12(2,3)8-14/h4-7,13-14H,8-9H2,1-3H3. The predicted molar refractivity (Wildman–Crippen MR) is 69.5 cm³/mol. The van der Waals surface area contributed by atoms with Crippen molar-refractivity contribution in [2.45, 2.75) is 20.8 Å². The van der Waals surface area contributed by atoms with Crippen molar-refractivity contribution in [3.05, 3.63) is 29.8 Å². The van der Waals surface area contributed by atoms with Gasteiger partial charge in [-0.1, -0.05) is 26.0 Å². The summed E-state index contributed by atoms with van der Waals surface area (Å²) in [5, 5.41) is 9.08. The van der Waals surface area contributed by atoms with E-state index in [9.17, 15) is 8.42 Å². The average molecular weight is 257 g/mol. The van der Waals surface area contributed by atoms with Gasteiger partial charge in [-0.15, -0.1) is 0 Å². The van der Waals surface area contributed by atoms with Crippen LogP contribution < -0.4 is 4.72 Å². The van der Waals surface area contributed by atoms with Gasteiger partial charge in [0.15, 0.2) is 0 Å². The Labute approximate surface area is 103 Å². The zero-order valence-electron chi connectivity index (χ0n) is 10.4. The first-order valence-electron chi connectivity index (χ1n) is 5.42. The lowest BCUT2D eigenvalue weighted by Crippen LogP contribution is -2.31. The first-order valence-corrected chi connectivity index (χ1v) is 7.07. The molecule has 0 heterocycles. The number of hydrogen-bond acceptors (Lipinski definition) is 3. The summed E-state index contributed by atoms with van der Waals surface area (Å²) >= 11 is 0. The summed E-state index contributed by atoms with van der Waals surface area (Å²) in [6.45, 7) is 5.15. The second-order valence-electron chi connectivity index (χ2n) is 5.05. The van der Waals surface area contributed by atoms with Crippen molar-refractivity contribution >= 4 is 15.7 Å². The van der Waals surface area contributed by atoms with Crippen LogP contribution in [0.1, 0.15) is 19.4 Å². The number of sulfonamides is 1. The Morgan fingerprint density at radius 3 is 2.53 bits per heavy atom. The maximum atomic E-state index is 11.9. The average Bonchev–Trinajstić information content (AvgIpc) is 2.15. The molecule has 0 aliphatic carbocycles. The molecule has 0 saturated carbocycles. The van der Waals surface area contributed by atoms with Crippen LogP contribution in [0.25, 0.3) is 0 Å². The Hall–Kier alpha value is -1.07. The van der Waals surface area contributed by atoms with E-state index in [1.165, 1.54) is 0 Å². The topological polar surface area (TPSA) is 66.4 Å². The van der Waals surface area contributed by atoms with Crippen LogP contribution in [-0.4, -0.2) is 25.9 Å². The molecule has 1 rings (SSSR count). The summed E-state index contributed by atoms with van der Waals surface area (Å²) in [6.07, 6.45) is 0. The van der Waals surface area contributed by atoms with E-state index in [-0.39, 0.29) is 12.4 Å². The summed E-state index contributed by atoms with van der Waals surface area (Å²) < 4.78 is 26.2. The maximum absolute atomic E-state index is 11.9. The van der Waals surface area contributed by atoms with E-state index >= 15 is 0 Å². The third-order valence-electron chi connectivity index (χ3n) is 2.30. The van der Waals surface area contributed by atoms with E-state index < -0.39 is 15.4 Å². The molecule has 5 heteroatoms. The lowest BCUT2D eigenvalue weighted by Gasteiger charge is -2.21. The van der Waals surface area contributed by atoms with Crippen LogP contribution in [0.15, 0.2) is 24.3 Å². The minimum absolute atomic E-state index is 0.107. The highest BCUT2D eigenvalue weighted by molar-refractivity contribution is 7.92. The number of aliphatic hydroxyl groups is 1. The Morgan fingerprint density at radius 2 is 2.00 bits per heavy atom. The van der Waals surface area contributed by atoms with Crippen LogP contribution in [0.3, 0.4) is 0 Å². The van der Waals surface area contributed by atoms with E-state index in [1.807, 2.05) is 13.0 Å². The maximum Gasteiger partial charge on any atom is 0.233 e. The number of benzene rings is 1. The smallest absolute Gasteiger partial charge is 0.233 e. The number of anilines is 1. The Morgan fingerprint density at radius 1 is 1.35 bits per heavy atom. The molecule has 96 valence electrons. The number of hydrogen-bond donors (Lipinski definition) is 2. The lowest BCUT2D eigenvalue weighted by atomic mass is 9.98. The molecule has 0 radical (unpaired) electrons. The summed E-state index contributed by atoms with van der Waals surface area (Å²) in [5.41, 5.74) is 0.903. The number of aliphatic hydroxyl groups excluding tert-OH is 1. The van der Waals surface area contributed by atoms with Crippen LogP contribution in [0, 0.1) is 12.3 Å². The molecular weight excluding hydrogens is 238 g/mol. The predicted octanol–water partition coefficient (Wildman–Crippen LogP) is 1.76. The van der Waals surface area contributed by atoms with Crippen molar-refractivity contribution in [3.8, 4) is 0 Å². The number of aryl methyl sites for hydroxylation is 1. The van der Waals surface area contributed by atoms with E-state index in [1.54, 1.807) is 32.0 Å². The second kappa shape index (κ2) is 5.06. The molecule has 0 fully saturated rings. The second-order valence-corrected chi connectivity index (χ2v) is 6.78. The van der Waals surface area contributed by atoms with Crippen LogP contribution in [0.5, 0.6) is 0 Å². The van der Waals surface area contributed by atoms with Crippen LogP contribution in [0.4, 0.5) is 5.69 Å². The van der Waals surface area contributed by atoms with Gasteiger partial charge in [0.05, 0.1) is 5.75 Å². The molecule has 1 aromatic rings. The molecule has 0 saturated heterocycles. The van der Waals surface area contributed by atoms with Crippen LogP contribution >= 0.6 is 0 Å². The minimum atomic E-state index is -3.43. The van der Waals surface area contributed by atoms with Crippen molar-refractivity contribution < 1.29 is 13.5 Å². The Kier molecular flexibility index (Phi) is 4.16. The van der Waals surface area contributed by atoms with Gasteiger partial charge >= 0.3 is 0 Å². The highest BCUT2D eigenvalue weighted by Crippen LogP contribution is 2.19. The molecule has 0 amide bonds. The van der Waals surface area contributed by atoms with Crippen molar-refractivity contribution in [1.82, 2.24) is 0 Å². The highest BCUT2D eigenvalue weighted by Gasteiger charge is 2.25. The quantitative estimate of drug-likeness (QED) is 0.844. The van der Waals surface area contributed by atoms with Gasteiger partial charge in [-0.3, -0.25) is 4.72 Å². The molecule has 1 aromatic carbocycles. The van der Waals surface area contributed by atoms with E-state index in [0.717, 1.165) is 5.56 Å². The normalized spacial score (nSPS) is 12.5. The molecule has 0 unspecified atom stereocenters. The van der Waals surface area contributed by atoms with Crippen molar-refractivity contribution in [2.24, 2.45) is 5.41 Å². The summed E-state index contributed by atoms with van der Waals surface area (Å²) in [4.78, 5) is 0. The van der Waals surface area contributed by atoms with E-state index in [0.29, 0.717) is 5.69 Å². The first-order chi connectivity index (χ1) is 7.74. The molecule has 4 nitrogen and oxygen atoms in total. The number of rotatable bonds is 5. The molecule has 17 heavy (non-hydrogen) atoms. The third kappa shape index (κ3) is 4.75. The van der Waals surface area contributed by atoms with Crippen LogP contribution in [-0.2, 0) is 10.0 Å². The lowest BCUT2D eigenvalue weighted by molar-refractivity contribution is 0.179. The molecule has 0 aliphatic heterocycles. The molecule has 2 N–H and O–H groups in total. The fraction of sp³-hybridized carbons (Fsp3) is 0.500. The fourth-order valence-electron chi connectivity index (χ4n) is 1.48. The fourth-order valence-corrected chi connectivity index (χ4v) is 3.16. The summed E-state index contributed by atoms with van der Waals surface area (Å²) in [7, 11) is -3.43. The number of nitrogens with one attached hydrogen (secondary N) is 1. The Bertz CT molecular complexity index is 480. The molecule has 0 atom stereocenters. The van der Waals surface area contributed by atoms with Crippen molar-refractivity contribution in [2.75, 3.05) is 17.1 Å². The van der Waals surface area contributed by atoms with Gasteiger partial charge in [-0.05, 0) is 24.6 Å². The van der Waals surface area contributed by atoms with Crippen molar-refractivity contribution in [3.63, 3.8) is 0 Å². The SMILES string of the molecule is Cc1cccc(NS(=O)(=O)CC(C)(C)CO)c1. The highest BCUT2D eigenvalue weighted by atomic mass is 32.2. The summed E-state index contributed by atoms with van der Waals surface area (Å²) in [6, 6.07) is 7.17.